The molecule has 0 radical (unpaired) electrons. The first-order valence-electron chi connectivity index (χ1n) is 4.42. The van der Waals surface area contributed by atoms with Gasteiger partial charge in [0.25, 0.3) is 0 Å². The zero-order chi connectivity index (χ0) is 7.42. The molecule has 3 heteroatoms. The van der Waals surface area contributed by atoms with E-state index in [1.165, 1.54) is 17.6 Å². The molecule has 3 aliphatic rings. The molecular weight excluding hydrogens is 142 g/mol. The molecule has 4 atom stereocenters. The minimum absolute atomic E-state index is 0.434. The number of fused-ring (bicyclic) bond motifs is 5. The third-order valence-electron chi connectivity index (χ3n) is 3.42. The summed E-state index contributed by atoms with van der Waals surface area (Å²) in [6.07, 6.45) is 3.26. The fourth-order valence-corrected chi connectivity index (χ4v) is 2.92. The van der Waals surface area contributed by atoms with Crippen LogP contribution in [0.4, 0.5) is 0 Å². The average molecular weight is 154 g/mol. The second kappa shape index (κ2) is 1.83. The van der Waals surface area contributed by atoms with Crippen LogP contribution in [0.25, 0.3) is 0 Å². The summed E-state index contributed by atoms with van der Waals surface area (Å²) in [4.78, 5) is 11.0. The smallest absolute Gasteiger partial charge is 0.197 e. The minimum atomic E-state index is 0.434. The lowest BCUT2D eigenvalue weighted by molar-refractivity contribution is -0.535. The molecule has 0 aromatic carbocycles. The normalized spacial score (nSPS) is 53.6. The SMILES string of the molecule is O=[N+]1CC2C3CCC(O3)C2C1. The topological polar surface area (TPSA) is 29.3 Å². The first-order chi connectivity index (χ1) is 5.34. The van der Waals surface area contributed by atoms with E-state index < -0.39 is 0 Å². The van der Waals surface area contributed by atoms with Crippen molar-refractivity contribution in [1.82, 2.24) is 0 Å². The maximum Gasteiger partial charge on any atom is 0.197 e. The molecule has 0 amide bonds. The van der Waals surface area contributed by atoms with Gasteiger partial charge >= 0.3 is 0 Å². The molecule has 60 valence electrons. The van der Waals surface area contributed by atoms with Crippen LogP contribution in [0.2, 0.25) is 0 Å². The van der Waals surface area contributed by atoms with E-state index in [0.29, 0.717) is 24.0 Å². The first kappa shape index (κ1) is 6.12. The Hall–Kier alpha value is -0.440. The van der Waals surface area contributed by atoms with Gasteiger partial charge in [0, 0.05) is 4.91 Å². The van der Waals surface area contributed by atoms with E-state index >= 15 is 0 Å². The highest BCUT2D eigenvalue weighted by Crippen LogP contribution is 2.45. The van der Waals surface area contributed by atoms with Crippen molar-refractivity contribution in [2.75, 3.05) is 13.1 Å². The summed E-state index contributed by atoms with van der Waals surface area (Å²) in [6, 6.07) is 0. The number of ether oxygens (including phenoxy) is 1. The molecule has 0 saturated carbocycles. The van der Waals surface area contributed by atoms with Crippen LogP contribution in [0.3, 0.4) is 0 Å². The van der Waals surface area contributed by atoms with Crippen molar-refractivity contribution in [3.05, 3.63) is 4.91 Å². The van der Waals surface area contributed by atoms with Gasteiger partial charge in [0.1, 0.15) is 0 Å². The second-order valence-electron chi connectivity index (χ2n) is 3.96. The summed E-state index contributed by atoms with van der Waals surface area (Å²) >= 11 is 0. The minimum Gasteiger partial charge on any atom is -0.374 e. The van der Waals surface area contributed by atoms with Gasteiger partial charge < -0.3 is 4.74 Å². The molecule has 0 spiro atoms. The van der Waals surface area contributed by atoms with E-state index in [1.54, 1.807) is 0 Å². The third kappa shape index (κ3) is 0.670. The Balaban J connectivity index is 1.92. The summed E-state index contributed by atoms with van der Waals surface area (Å²) < 4.78 is 6.93. The Bertz CT molecular complexity index is 196. The van der Waals surface area contributed by atoms with Gasteiger partial charge in [-0.25, -0.2) is 0 Å². The van der Waals surface area contributed by atoms with Gasteiger partial charge in [0.2, 0.25) is 0 Å². The number of rotatable bonds is 0. The van der Waals surface area contributed by atoms with Crippen molar-refractivity contribution >= 4 is 0 Å². The summed E-state index contributed by atoms with van der Waals surface area (Å²) in [6.45, 7) is 1.46. The molecule has 0 aromatic rings. The van der Waals surface area contributed by atoms with E-state index in [1.807, 2.05) is 0 Å². The fourth-order valence-electron chi connectivity index (χ4n) is 2.92. The number of nitroso groups, excluding NO2 is 1. The van der Waals surface area contributed by atoms with Gasteiger partial charge in [-0.1, -0.05) is 0 Å². The van der Waals surface area contributed by atoms with Crippen LogP contribution in [0, 0.1) is 16.7 Å². The lowest BCUT2D eigenvalue weighted by atomic mass is 9.82. The summed E-state index contributed by atoms with van der Waals surface area (Å²) in [5, 5.41) is 0. The molecule has 3 fully saturated rings. The summed E-state index contributed by atoms with van der Waals surface area (Å²) in [7, 11) is 0. The Labute approximate surface area is 65.3 Å². The predicted molar refractivity (Wildman–Crippen MR) is 38.2 cm³/mol. The van der Waals surface area contributed by atoms with Crippen molar-refractivity contribution in [2.24, 2.45) is 11.8 Å². The average Bonchev–Trinajstić information content (AvgIpc) is 2.53. The molecule has 3 heterocycles. The molecule has 0 N–H and O–H groups in total. The molecule has 11 heavy (non-hydrogen) atoms. The Morgan fingerprint density at radius 2 is 1.64 bits per heavy atom. The molecular formula is C8H12NO2+. The quantitative estimate of drug-likeness (QED) is 0.477. The molecule has 4 unspecified atom stereocenters. The maximum atomic E-state index is 11.0. The van der Waals surface area contributed by atoms with Gasteiger partial charge in [0.05, 0.1) is 24.0 Å². The van der Waals surface area contributed by atoms with Crippen LogP contribution in [-0.2, 0) is 4.74 Å². The van der Waals surface area contributed by atoms with Crippen molar-refractivity contribution < 1.29 is 9.50 Å². The van der Waals surface area contributed by atoms with Crippen LogP contribution < -0.4 is 0 Å². The first-order valence-corrected chi connectivity index (χ1v) is 4.42. The van der Waals surface area contributed by atoms with E-state index in [4.69, 9.17) is 4.74 Å². The number of hydrogen-bond donors (Lipinski definition) is 0. The Morgan fingerprint density at radius 1 is 1.09 bits per heavy atom. The van der Waals surface area contributed by atoms with Crippen LogP contribution >= 0.6 is 0 Å². The molecule has 3 saturated heterocycles. The molecule has 0 aromatic heterocycles. The molecule has 3 nitrogen and oxygen atoms in total. The van der Waals surface area contributed by atoms with Gasteiger partial charge in [-0.05, 0) is 17.6 Å². The highest BCUT2D eigenvalue weighted by atomic mass is 16.5. The van der Waals surface area contributed by atoms with Crippen LogP contribution in [-0.4, -0.2) is 30.1 Å². The Morgan fingerprint density at radius 3 is 2.18 bits per heavy atom. The van der Waals surface area contributed by atoms with Gasteiger partial charge in [-0.15, -0.1) is 0 Å². The molecule has 3 aliphatic heterocycles. The van der Waals surface area contributed by atoms with Crippen LogP contribution in [0.15, 0.2) is 0 Å². The number of hydrogen-bond acceptors (Lipinski definition) is 2. The lowest BCUT2D eigenvalue weighted by Crippen LogP contribution is -2.24. The standard InChI is InChI=1S/C8H12NO2/c10-9-3-5-6(4-9)8-2-1-7(5)11-8/h5-8H,1-4H2/q+1. The van der Waals surface area contributed by atoms with Crippen molar-refractivity contribution in [3.8, 4) is 0 Å². The van der Waals surface area contributed by atoms with Gasteiger partial charge in [0.15, 0.2) is 13.1 Å². The van der Waals surface area contributed by atoms with Crippen LogP contribution in [0.1, 0.15) is 12.8 Å². The molecule has 2 bridgehead atoms. The summed E-state index contributed by atoms with van der Waals surface area (Å²) in [5.41, 5.74) is 0. The second-order valence-corrected chi connectivity index (χ2v) is 3.96. The van der Waals surface area contributed by atoms with Crippen molar-refractivity contribution in [1.29, 1.82) is 0 Å². The van der Waals surface area contributed by atoms with Gasteiger partial charge in [-0.2, -0.15) is 0 Å². The zero-order valence-corrected chi connectivity index (χ0v) is 6.40. The van der Waals surface area contributed by atoms with E-state index in [0.717, 1.165) is 13.1 Å². The predicted octanol–water partition coefficient (Wildman–Crippen LogP) is 0.572. The molecule has 0 aliphatic carbocycles. The largest absolute Gasteiger partial charge is 0.374 e. The monoisotopic (exact) mass is 154 g/mol. The third-order valence-corrected chi connectivity index (χ3v) is 3.42. The van der Waals surface area contributed by atoms with Gasteiger partial charge in [-0.3, -0.25) is 0 Å². The van der Waals surface area contributed by atoms with E-state index in [-0.39, 0.29) is 0 Å². The van der Waals surface area contributed by atoms with E-state index in [9.17, 15) is 4.91 Å². The van der Waals surface area contributed by atoms with E-state index in [2.05, 4.69) is 0 Å². The maximum absolute atomic E-state index is 11.0. The van der Waals surface area contributed by atoms with Crippen LogP contribution in [0.5, 0.6) is 0 Å². The van der Waals surface area contributed by atoms with Crippen molar-refractivity contribution in [2.45, 2.75) is 25.0 Å². The van der Waals surface area contributed by atoms with Crippen molar-refractivity contribution in [3.63, 3.8) is 0 Å². The fraction of sp³-hybridized carbons (Fsp3) is 1.00. The zero-order valence-electron chi connectivity index (χ0n) is 6.40. The Kier molecular flexibility index (Phi) is 1.02. The highest BCUT2D eigenvalue weighted by Gasteiger charge is 2.57. The summed E-state index contributed by atoms with van der Waals surface area (Å²) in [5.74, 6) is 1.15. The lowest BCUT2D eigenvalue weighted by Gasteiger charge is -2.13. The molecule has 3 rings (SSSR count). The highest BCUT2D eigenvalue weighted by molar-refractivity contribution is 4.97. The number of nitrogens with zero attached hydrogens (tertiary/aromatic N) is 1.